The van der Waals surface area contributed by atoms with Crippen LogP contribution in [0.4, 0.5) is 11.6 Å². The minimum Gasteiger partial charge on any atom is -0.358 e. The molecular formula is C25H22N6O3S. The first kappa shape index (κ1) is 24.0. The largest absolute Gasteiger partial charge is 0.396 e. The first-order valence-electron chi connectivity index (χ1n) is 10.8. The number of aromatic nitrogens is 4. The maximum atomic E-state index is 12.1. The number of hydrogen-bond donors (Lipinski definition) is 0. The smallest absolute Gasteiger partial charge is 0.358 e. The molecule has 1 aliphatic heterocycles. The molecule has 1 atom stereocenters. The molecule has 4 aromatic rings. The van der Waals surface area contributed by atoms with Gasteiger partial charge in [0, 0.05) is 36.7 Å². The second kappa shape index (κ2) is 10.8. The van der Waals surface area contributed by atoms with Crippen molar-refractivity contribution in [3.8, 4) is 0 Å². The fraction of sp³-hybridized carbons (Fsp3) is 0.160. The van der Waals surface area contributed by atoms with Gasteiger partial charge in [0.05, 0.1) is 0 Å². The Morgan fingerprint density at radius 2 is 1.74 bits per heavy atom. The van der Waals surface area contributed by atoms with Gasteiger partial charge in [0.15, 0.2) is 16.6 Å². The fourth-order valence-electron chi connectivity index (χ4n) is 3.48. The number of fused-ring (bicyclic) bond motifs is 1. The number of aryl methyl sites for hydroxylation is 1. The molecule has 0 aliphatic carbocycles. The molecule has 2 aromatic carbocycles. The molecule has 35 heavy (non-hydrogen) atoms. The van der Waals surface area contributed by atoms with E-state index in [1.165, 1.54) is 24.4 Å². The molecule has 10 heteroatoms. The number of hydrogen-bond acceptors (Lipinski definition) is 8. The molecule has 0 saturated carbocycles. The number of rotatable bonds is 6. The van der Waals surface area contributed by atoms with Crippen molar-refractivity contribution in [1.82, 2.24) is 19.5 Å². The van der Waals surface area contributed by atoms with Crippen LogP contribution in [0.3, 0.4) is 0 Å². The first-order chi connectivity index (χ1) is 17.0. The van der Waals surface area contributed by atoms with E-state index in [2.05, 4.69) is 19.9 Å². The van der Waals surface area contributed by atoms with Crippen LogP contribution in [-0.4, -0.2) is 36.4 Å². The minimum atomic E-state index is -0.500. The van der Waals surface area contributed by atoms with Gasteiger partial charge >= 0.3 is 5.82 Å². The standard InChI is InChI=1S/C15H14O.C10H8N6O2S/c1-12(13-8-4-2-5-9-13)15(16)14-10-6-3-7-11-14;1-15-5-14-8(16(17)18)10(15)19-9-6-2-3-11-7(6)12-4-13-9/h2-12H,1H3;3-5H,2H2,1H3. The summed E-state index contributed by atoms with van der Waals surface area (Å²) in [5.41, 5.74) is 2.73. The lowest BCUT2D eigenvalue weighted by atomic mass is 9.92. The van der Waals surface area contributed by atoms with Crippen molar-refractivity contribution < 1.29 is 9.72 Å². The Labute approximate surface area is 206 Å². The Kier molecular flexibility index (Phi) is 7.41. The minimum absolute atomic E-state index is 0.0800. The number of Topliss-reactive ketones (excluding diaryl/α,β-unsaturated/α-hetero) is 1. The highest BCUT2D eigenvalue weighted by Gasteiger charge is 2.24. The molecule has 0 radical (unpaired) electrons. The topological polar surface area (TPSA) is 116 Å². The average Bonchev–Trinajstić information content (AvgIpc) is 3.52. The molecule has 1 unspecified atom stereocenters. The van der Waals surface area contributed by atoms with Crippen LogP contribution in [0.15, 0.2) is 88.4 Å². The predicted octanol–water partition coefficient (Wildman–Crippen LogP) is 5.20. The van der Waals surface area contributed by atoms with Crippen molar-refractivity contribution in [1.29, 1.82) is 0 Å². The van der Waals surface area contributed by atoms with Crippen LogP contribution >= 0.6 is 11.8 Å². The monoisotopic (exact) mass is 486 g/mol. The third kappa shape index (κ3) is 5.49. The van der Waals surface area contributed by atoms with Gasteiger partial charge in [-0.1, -0.05) is 67.6 Å². The Bertz CT molecular complexity index is 1370. The highest BCUT2D eigenvalue weighted by Crippen LogP contribution is 2.37. The summed E-state index contributed by atoms with van der Waals surface area (Å²) in [5, 5.41) is 12.0. The number of aliphatic imine (C=N–C) groups is 1. The fourth-order valence-corrected chi connectivity index (χ4v) is 4.47. The summed E-state index contributed by atoms with van der Waals surface area (Å²) >= 11 is 1.21. The van der Waals surface area contributed by atoms with E-state index in [1.54, 1.807) is 17.8 Å². The predicted molar refractivity (Wildman–Crippen MR) is 134 cm³/mol. The number of nitrogens with zero attached hydrogens (tertiary/aromatic N) is 6. The summed E-state index contributed by atoms with van der Waals surface area (Å²) < 4.78 is 1.60. The highest BCUT2D eigenvalue weighted by molar-refractivity contribution is 7.99. The molecule has 2 aromatic heterocycles. The second-order valence-corrected chi connectivity index (χ2v) is 8.68. The van der Waals surface area contributed by atoms with E-state index in [0.29, 0.717) is 22.3 Å². The molecule has 0 spiro atoms. The number of benzene rings is 2. The van der Waals surface area contributed by atoms with Crippen LogP contribution in [-0.2, 0) is 13.5 Å². The van der Waals surface area contributed by atoms with E-state index >= 15 is 0 Å². The van der Waals surface area contributed by atoms with E-state index in [-0.39, 0.29) is 17.5 Å². The number of imidazole rings is 1. The van der Waals surface area contributed by atoms with E-state index in [1.807, 2.05) is 67.6 Å². The van der Waals surface area contributed by atoms with Crippen LogP contribution in [0, 0.1) is 10.1 Å². The molecule has 0 saturated heterocycles. The molecule has 0 N–H and O–H groups in total. The first-order valence-corrected chi connectivity index (χ1v) is 11.6. The van der Waals surface area contributed by atoms with Crippen LogP contribution in [0.1, 0.15) is 34.3 Å². The number of ketones is 1. The Balaban J connectivity index is 0.000000168. The van der Waals surface area contributed by atoms with Gasteiger partial charge in [-0.25, -0.2) is 15.0 Å². The molecule has 5 rings (SSSR count). The lowest BCUT2D eigenvalue weighted by molar-refractivity contribution is -0.392. The third-order valence-corrected chi connectivity index (χ3v) is 6.58. The number of carbonyl (C=O) groups is 1. The van der Waals surface area contributed by atoms with E-state index in [9.17, 15) is 14.9 Å². The van der Waals surface area contributed by atoms with Gasteiger partial charge in [-0.2, -0.15) is 0 Å². The molecule has 0 bridgehead atoms. The molecule has 9 nitrogen and oxygen atoms in total. The van der Waals surface area contributed by atoms with Crippen LogP contribution in [0.5, 0.6) is 0 Å². The Hall–Kier alpha value is -4.18. The van der Waals surface area contributed by atoms with E-state index in [0.717, 1.165) is 16.7 Å². The van der Waals surface area contributed by atoms with Crippen molar-refractivity contribution >= 4 is 35.4 Å². The average molecular weight is 487 g/mol. The number of carbonyl (C=O) groups excluding carboxylic acids is 1. The SMILES string of the molecule is CC(C(=O)c1ccccc1)c1ccccc1.Cn1cnc([N+](=O)[O-])c1Sc1ncnc2c1CC=N2. The number of nitro groups is 1. The van der Waals surface area contributed by atoms with Gasteiger partial charge in [0.1, 0.15) is 11.4 Å². The third-order valence-electron chi connectivity index (χ3n) is 5.37. The summed E-state index contributed by atoms with van der Waals surface area (Å²) in [6.07, 6.45) is 5.22. The Morgan fingerprint density at radius 3 is 2.43 bits per heavy atom. The zero-order valence-corrected chi connectivity index (χ0v) is 19.9. The lowest BCUT2D eigenvalue weighted by Crippen LogP contribution is -2.09. The van der Waals surface area contributed by atoms with Crippen LogP contribution in [0.2, 0.25) is 0 Å². The summed E-state index contributed by atoms with van der Waals surface area (Å²) in [4.78, 5) is 38.7. The maximum absolute atomic E-state index is 12.1. The molecular weight excluding hydrogens is 464 g/mol. The van der Waals surface area contributed by atoms with E-state index in [4.69, 9.17) is 0 Å². The van der Waals surface area contributed by atoms with Crippen molar-refractivity contribution in [2.75, 3.05) is 0 Å². The molecule has 176 valence electrons. The Morgan fingerprint density at radius 1 is 1.06 bits per heavy atom. The van der Waals surface area contributed by atoms with Gasteiger partial charge in [-0.05, 0) is 27.2 Å². The van der Waals surface area contributed by atoms with Crippen molar-refractivity contribution in [2.45, 2.75) is 29.3 Å². The van der Waals surface area contributed by atoms with Crippen molar-refractivity contribution in [3.05, 3.63) is 100 Å². The summed E-state index contributed by atoms with van der Waals surface area (Å²) in [6, 6.07) is 19.3. The van der Waals surface area contributed by atoms with E-state index < -0.39 is 4.92 Å². The summed E-state index contributed by atoms with van der Waals surface area (Å²) in [6.45, 7) is 1.95. The maximum Gasteiger partial charge on any atom is 0.396 e. The van der Waals surface area contributed by atoms with Gasteiger partial charge in [-0.15, -0.1) is 0 Å². The normalized spacial score (nSPS) is 12.4. The summed E-state index contributed by atoms with van der Waals surface area (Å²) in [7, 11) is 1.71. The lowest BCUT2D eigenvalue weighted by Gasteiger charge is -2.10. The van der Waals surface area contributed by atoms with Crippen molar-refractivity contribution in [2.24, 2.45) is 12.0 Å². The van der Waals surface area contributed by atoms with Gasteiger partial charge in [0.2, 0.25) is 6.33 Å². The zero-order chi connectivity index (χ0) is 24.8. The van der Waals surface area contributed by atoms with Gasteiger partial charge < -0.3 is 14.7 Å². The molecule has 0 amide bonds. The molecule has 3 heterocycles. The molecule has 0 fully saturated rings. The quantitative estimate of drug-likeness (QED) is 0.159. The summed E-state index contributed by atoms with van der Waals surface area (Å²) in [5.74, 6) is 0.552. The highest BCUT2D eigenvalue weighted by atomic mass is 32.2. The van der Waals surface area contributed by atoms with Crippen molar-refractivity contribution in [3.63, 3.8) is 0 Å². The van der Waals surface area contributed by atoms with Crippen LogP contribution < -0.4 is 0 Å². The van der Waals surface area contributed by atoms with Crippen LogP contribution in [0.25, 0.3) is 0 Å². The molecule has 1 aliphatic rings. The zero-order valence-electron chi connectivity index (χ0n) is 19.1. The second-order valence-electron chi connectivity index (χ2n) is 7.70. The van der Waals surface area contributed by atoms with Gasteiger partial charge in [0.25, 0.3) is 0 Å². The van der Waals surface area contributed by atoms with Gasteiger partial charge in [-0.3, -0.25) is 4.79 Å².